The molecule has 0 aliphatic carbocycles. The standard InChI is InChI=1S/C16H11F2NO3/c17-11-2-1-3-12(18)16(11)19-15(20)7-5-10-4-6-13-14(8-10)22-9-21-13/h1-8H,9H2,(H,19,20)/b7-5+. The zero-order valence-electron chi connectivity index (χ0n) is 11.3. The Morgan fingerprint density at radius 1 is 1.09 bits per heavy atom. The largest absolute Gasteiger partial charge is 0.454 e. The predicted molar refractivity (Wildman–Crippen MR) is 76.6 cm³/mol. The number of nitrogens with one attached hydrogen (secondary N) is 1. The topological polar surface area (TPSA) is 47.6 Å². The molecular formula is C16H11F2NO3. The summed E-state index contributed by atoms with van der Waals surface area (Å²) in [4.78, 5) is 11.7. The van der Waals surface area contributed by atoms with E-state index in [0.717, 1.165) is 12.1 Å². The Balaban J connectivity index is 1.71. The molecule has 0 saturated carbocycles. The fourth-order valence-corrected chi connectivity index (χ4v) is 1.97. The minimum Gasteiger partial charge on any atom is -0.454 e. The van der Waals surface area contributed by atoms with Gasteiger partial charge in [0.05, 0.1) is 0 Å². The van der Waals surface area contributed by atoms with Crippen LogP contribution in [0.1, 0.15) is 5.56 Å². The minimum atomic E-state index is -0.829. The van der Waals surface area contributed by atoms with Crippen molar-refractivity contribution in [2.45, 2.75) is 0 Å². The Morgan fingerprint density at radius 3 is 2.59 bits per heavy atom. The fraction of sp³-hybridized carbons (Fsp3) is 0.0625. The molecule has 22 heavy (non-hydrogen) atoms. The van der Waals surface area contributed by atoms with Gasteiger partial charge in [0.1, 0.15) is 17.3 Å². The van der Waals surface area contributed by atoms with E-state index in [1.807, 2.05) is 0 Å². The molecule has 0 radical (unpaired) electrons. The average molecular weight is 303 g/mol. The van der Waals surface area contributed by atoms with Crippen LogP contribution < -0.4 is 14.8 Å². The van der Waals surface area contributed by atoms with Crippen LogP contribution in [0.15, 0.2) is 42.5 Å². The van der Waals surface area contributed by atoms with E-state index in [9.17, 15) is 13.6 Å². The molecule has 4 nitrogen and oxygen atoms in total. The number of amides is 1. The molecule has 0 saturated heterocycles. The smallest absolute Gasteiger partial charge is 0.248 e. The summed E-state index contributed by atoms with van der Waals surface area (Å²) in [6.07, 6.45) is 2.69. The third-order valence-corrected chi connectivity index (χ3v) is 3.03. The van der Waals surface area contributed by atoms with Gasteiger partial charge in [-0.2, -0.15) is 0 Å². The molecular weight excluding hydrogens is 292 g/mol. The molecule has 2 aromatic carbocycles. The molecule has 3 rings (SSSR count). The molecule has 1 aliphatic heterocycles. The quantitative estimate of drug-likeness (QED) is 0.885. The monoisotopic (exact) mass is 303 g/mol. The second kappa shape index (κ2) is 5.85. The number of halogens is 2. The van der Waals surface area contributed by atoms with Gasteiger partial charge in [-0.25, -0.2) is 8.78 Å². The Morgan fingerprint density at radius 2 is 1.82 bits per heavy atom. The number of fused-ring (bicyclic) bond motifs is 1. The van der Waals surface area contributed by atoms with Gasteiger partial charge in [0.25, 0.3) is 0 Å². The lowest BCUT2D eigenvalue weighted by molar-refractivity contribution is -0.111. The minimum absolute atomic E-state index is 0.162. The van der Waals surface area contributed by atoms with Gasteiger partial charge >= 0.3 is 0 Å². The van der Waals surface area contributed by atoms with Gasteiger partial charge in [0, 0.05) is 6.08 Å². The maximum Gasteiger partial charge on any atom is 0.248 e. The molecule has 1 heterocycles. The third-order valence-electron chi connectivity index (χ3n) is 3.03. The average Bonchev–Trinajstić information content (AvgIpc) is 2.96. The predicted octanol–water partition coefficient (Wildman–Crippen LogP) is 3.35. The number of hydrogen-bond acceptors (Lipinski definition) is 3. The summed E-state index contributed by atoms with van der Waals surface area (Å²) in [5.41, 5.74) is 0.233. The van der Waals surface area contributed by atoms with Gasteiger partial charge in [-0.3, -0.25) is 4.79 Å². The summed E-state index contributed by atoms with van der Waals surface area (Å²) in [7, 11) is 0. The maximum atomic E-state index is 13.4. The number of rotatable bonds is 3. The van der Waals surface area contributed by atoms with Crippen molar-refractivity contribution in [2.24, 2.45) is 0 Å². The molecule has 0 spiro atoms. The van der Waals surface area contributed by atoms with Crippen molar-refractivity contribution in [3.63, 3.8) is 0 Å². The Kier molecular flexibility index (Phi) is 3.74. The lowest BCUT2D eigenvalue weighted by atomic mass is 10.2. The summed E-state index contributed by atoms with van der Waals surface area (Å²) in [6, 6.07) is 8.52. The number of benzene rings is 2. The van der Waals surface area contributed by atoms with E-state index in [2.05, 4.69) is 5.32 Å². The van der Waals surface area contributed by atoms with Gasteiger partial charge in [0.15, 0.2) is 11.5 Å². The molecule has 0 atom stereocenters. The number of anilines is 1. The van der Waals surface area contributed by atoms with E-state index < -0.39 is 23.2 Å². The highest BCUT2D eigenvalue weighted by molar-refractivity contribution is 6.02. The number of ether oxygens (including phenoxy) is 2. The zero-order chi connectivity index (χ0) is 15.5. The summed E-state index contributed by atoms with van der Waals surface area (Å²) < 4.78 is 37.2. The Hall–Kier alpha value is -2.89. The van der Waals surface area contributed by atoms with Gasteiger partial charge in [0.2, 0.25) is 12.7 Å². The first kappa shape index (κ1) is 14.1. The first-order valence-electron chi connectivity index (χ1n) is 6.46. The van der Waals surface area contributed by atoms with Gasteiger partial charge in [-0.1, -0.05) is 12.1 Å². The van der Waals surface area contributed by atoms with Crippen molar-refractivity contribution >= 4 is 17.7 Å². The van der Waals surface area contributed by atoms with Crippen molar-refractivity contribution in [3.05, 3.63) is 59.7 Å². The normalized spacial score (nSPS) is 12.6. The molecule has 1 N–H and O–H groups in total. The van der Waals surface area contributed by atoms with Crippen molar-refractivity contribution in [3.8, 4) is 11.5 Å². The summed E-state index contributed by atoms with van der Waals surface area (Å²) in [6.45, 7) is 0.162. The van der Waals surface area contributed by atoms with Crippen LogP contribution in [0.5, 0.6) is 11.5 Å². The van der Waals surface area contributed by atoms with Crippen molar-refractivity contribution in [1.29, 1.82) is 0 Å². The Labute approximate surface area is 125 Å². The van der Waals surface area contributed by atoms with Crippen molar-refractivity contribution < 1.29 is 23.0 Å². The van der Waals surface area contributed by atoms with Crippen LogP contribution in [0.3, 0.4) is 0 Å². The van der Waals surface area contributed by atoms with E-state index in [1.54, 1.807) is 18.2 Å². The highest BCUT2D eigenvalue weighted by Crippen LogP contribution is 2.32. The molecule has 0 aromatic heterocycles. The van der Waals surface area contributed by atoms with Crippen LogP contribution in [0, 0.1) is 11.6 Å². The van der Waals surface area contributed by atoms with Crippen LogP contribution in [-0.2, 0) is 4.79 Å². The van der Waals surface area contributed by atoms with Gasteiger partial charge in [-0.15, -0.1) is 0 Å². The number of carbonyl (C=O) groups is 1. The maximum absolute atomic E-state index is 13.4. The van der Waals surface area contributed by atoms with E-state index >= 15 is 0 Å². The molecule has 1 amide bonds. The fourth-order valence-electron chi connectivity index (χ4n) is 1.97. The van der Waals surface area contributed by atoms with Crippen LogP contribution >= 0.6 is 0 Å². The molecule has 6 heteroatoms. The SMILES string of the molecule is O=C(/C=C/c1ccc2c(c1)OCO2)Nc1c(F)cccc1F. The summed E-state index contributed by atoms with van der Waals surface area (Å²) in [5, 5.41) is 2.17. The van der Waals surface area contributed by atoms with E-state index in [4.69, 9.17) is 9.47 Å². The number of hydrogen-bond donors (Lipinski definition) is 1. The first-order valence-corrected chi connectivity index (χ1v) is 6.46. The summed E-state index contributed by atoms with van der Waals surface area (Å²) in [5.74, 6) is -1.07. The van der Waals surface area contributed by atoms with E-state index in [-0.39, 0.29) is 6.79 Å². The van der Waals surface area contributed by atoms with Crippen LogP contribution in [0.2, 0.25) is 0 Å². The molecule has 112 valence electrons. The molecule has 0 fully saturated rings. The molecule has 0 bridgehead atoms. The zero-order valence-corrected chi connectivity index (χ0v) is 11.3. The van der Waals surface area contributed by atoms with Crippen LogP contribution in [-0.4, -0.2) is 12.7 Å². The van der Waals surface area contributed by atoms with Gasteiger partial charge < -0.3 is 14.8 Å². The molecule has 2 aromatic rings. The number of para-hydroxylation sites is 1. The second-order valence-electron chi connectivity index (χ2n) is 4.53. The van der Waals surface area contributed by atoms with Crippen molar-refractivity contribution in [2.75, 3.05) is 12.1 Å². The van der Waals surface area contributed by atoms with Crippen molar-refractivity contribution in [1.82, 2.24) is 0 Å². The van der Waals surface area contributed by atoms with Crippen LogP contribution in [0.25, 0.3) is 6.08 Å². The third kappa shape index (κ3) is 2.90. The van der Waals surface area contributed by atoms with E-state index in [1.165, 1.54) is 18.2 Å². The Bertz CT molecular complexity index is 739. The lowest BCUT2D eigenvalue weighted by Crippen LogP contribution is -2.10. The summed E-state index contributed by atoms with van der Waals surface area (Å²) >= 11 is 0. The highest BCUT2D eigenvalue weighted by atomic mass is 19.1. The van der Waals surface area contributed by atoms with E-state index in [0.29, 0.717) is 17.1 Å². The lowest BCUT2D eigenvalue weighted by Gasteiger charge is -2.04. The second-order valence-corrected chi connectivity index (χ2v) is 4.53. The number of carbonyl (C=O) groups excluding carboxylic acids is 1. The van der Waals surface area contributed by atoms with Crippen LogP contribution in [0.4, 0.5) is 14.5 Å². The molecule has 1 aliphatic rings. The molecule has 0 unspecified atom stereocenters. The first-order chi connectivity index (χ1) is 10.6. The highest BCUT2D eigenvalue weighted by Gasteiger charge is 2.13. The van der Waals surface area contributed by atoms with Gasteiger partial charge in [-0.05, 0) is 35.9 Å².